The first-order chi connectivity index (χ1) is 13.0. The number of aryl methyl sites for hydroxylation is 1. The van der Waals surface area contributed by atoms with Crippen molar-refractivity contribution in [3.8, 4) is 0 Å². The Morgan fingerprint density at radius 2 is 1.93 bits per heavy atom. The van der Waals surface area contributed by atoms with Crippen LogP contribution >= 0.6 is 11.6 Å². The Hall–Kier alpha value is -2.92. The van der Waals surface area contributed by atoms with Crippen LogP contribution < -0.4 is 0 Å². The average Bonchev–Trinajstić information content (AvgIpc) is 2.94. The van der Waals surface area contributed by atoms with E-state index < -0.39 is 0 Å². The number of likely N-dealkylation sites (N-methyl/N-ethyl adjacent to an activating group) is 1. The highest BCUT2D eigenvalue weighted by atomic mass is 35.5. The van der Waals surface area contributed by atoms with Crippen molar-refractivity contribution in [2.24, 2.45) is 0 Å². The maximum Gasteiger partial charge on any atom is 0.246 e. The molecule has 0 N–H and O–H groups in total. The molecule has 2 aromatic heterocycles. The van der Waals surface area contributed by atoms with Gasteiger partial charge in [-0.15, -0.1) is 0 Å². The number of rotatable bonds is 6. The molecule has 0 aliphatic heterocycles. The van der Waals surface area contributed by atoms with Crippen LogP contribution in [0.2, 0.25) is 5.15 Å². The monoisotopic (exact) mass is 380 g/mol. The number of halogens is 1. The normalized spacial score (nSPS) is 11.1. The number of aromatic nitrogens is 3. The number of benzene rings is 1. The molecule has 0 aliphatic carbocycles. The van der Waals surface area contributed by atoms with Gasteiger partial charge in [0.1, 0.15) is 5.15 Å². The molecule has 0 unspecified atom stereocenters. The van der Waals surface area contributed by atoms with Gasteiger partial charge in [-0.3, -0.25) is 9.78 Å². The summed E-state index contributed by atoms with van der Waals surface area (Å²) in [6.45, 7) is 2.97. The second kappa shape index (κ2) is 8.64. The summed E-state index contributed by atoms with van der Waals surface area (Å²) in [6.07, 6.45) is 6.72. The van der Waals surface area contributed by atoms with Crippen molar-refractivity contribution >= 4 is 23.6 Å². The first-order valence-corrected chi connectivity index (χ1v) is 9.01. The number of carbonyl (C=O) groups excluding carboxylic acids is 1. The third-order valence-corrected chi connectivity index (χ3v) is 4.59. The predicted octanol–water partition coefficient (Wildman–Crippen LogP) is 3.96. The predicted molar refractivity (Wildman–Crippen MR) is 107 cm³/mol. The lowest BCUT2D eigenvalue weighted by Crippen LogP contribution is -2.24. The SMILES string of the molecule is Cc1nn(Cc2ccccc2)c(Cl)c1C=CC(=O)N(C)Cc1cccnc1. The van der Waals surface area contributed by atoms with Crippen molar-refractivity contribution in [3.63, 3.8) is 0 Å². The Bertz CT molecular complexity index is 936. The molecule has 3 rings (SSSR count). The zero-order chi connectivity index (χ0) is 19.2. The number of nitrogens with zero attached hydrogens (tertiary/aromatic N) is 4. The Morgan fingerprint density at radius 1 is 1.19 bits per heavy atom. The van der Waals surface area contributed by atoms with Crippen LogP contribution in [0, 0.1) is 6.92 Å². The minimum absolute atomic E-state index is 0.106. The van der Waals surface area contributed by atoms with E-state index in [0.717, 1.165) is 22.4 Å². The zero-order valence-electron chi connectivity index (χ0n) is 15.3. The van der Waals surface area contributed by atoms with Gasteiger partial charge >= 0.3 is 0 Å². The van der Waals surface area contributed by atoms with Crippen LogP contribution in [0.4, 0.5) is 0 Å². The van der Waals surface area contributed by atoms with E-state index in [1.165, 1.54) is 6.08 Å². The van der Waals surface area contributed by atoms with Gasteiger partial charge in [-0.05, 0) is 30.2 Å². The van der Waals surface area contributed by atoms with E-state index in [4.69, 9.17) is 11.6 Å². The number of carbonyl (C=O) groups is 1. The number of pyridine rings is 1. The fourth-order valence-corrected chi connectivity index (χ4v) is 3.04. The van der Waals surface area contributed by atoms with Crippen molar-refractivity contribution < 1.29 is 4.79 Å². The zero-order valence-corrected chi connectivity index (χ0v) is 16.1. The number of hydrogen-bond donors (Lipinski definition) is 0. The van der Waals surface area contributed by atoms with E-state index in [1.54, 1.807) is 35.1 Å². The smallest absolute Gasteiger partial charge is 0.246 e. The quantitative estimate of drug-likeness (QED) is 0.608. The lowest BCUT2D eigenvalue weighted by Gasteiger charge is -2.14. The maximum absolute atomic E-state index is 12.4. The molecule has 1 aromatic carbocycles. The van der Waals surface area contributed by atoms with Crippen LogP contribution in [0.15, 0.2) is 60.9 Å². The first-order valence-electron chi connectivity index (χ1n) is 8.63. The van der Waals surface area contributed by atoms with Crippen molar-refractivity contribution in [2.75, 3.05) is 7.05 Å². The first kappa shape index (κ1) is 18.9. The number of amides is 1. The van der Waals surface area contributed by atoms with Crippen LogP contribution in [0.3, 0.4) is 0 Å². The Labute approximate surface area is 163 Å². The van der Waals surface area contributed by atoms with E-state index in [0.29, 0.717) is 18.2 Å². The van der Waals surface area contributed by atoms with Gasteiger partial charge in [0.15, 0.2) is 0 Å². The molecule has 0 atom stereocenters. The molecule has 0 radical (unpaired) electrons. The molecule has 3 aromatic rings. The summed E-state index contributed by atoms with van der Waals surface area (Å²) < 4.78 is 1.75. The van der Waals surface area contributed by atoms with Gasteiger partial charge in [-0.25, -0.2) is 4.68 Å². The molecule has 2 heterocycles. The van der Waals surface area contributed by atoms with Crippen LogP contribution in [0.1, 0.15) is 22.4 Å². The Kier molecular flexibility index (Phi) is 6.04. The minimum atomic E-state index is -0.106. The summed E-state index contributed by atoms with van der Waals surface area (Å²) in [5.74, 6) is -0.106. The molecular formula is C21H21ClN4O. The molecule has 0 spiro atoms. The van der Waals surface area contributed by atoms with Crippen molar-refractivity contribution in [2.45, 2.75) is 20.0 Å². The lowest BCUT2D eigenvalue weighted by molar-refractivity contribution is -0.125. The van der Waals surface area contributed by atoms with E-state index in [2.05, 4.69) is 10.1 Å². The van der Waals surface area contributed by atoms with Crippen LogP contribution in [0.5, 0.6) is 0 Å². The fourth-order valence-electron chi connectivity index (χ4n) is 2.74. The second-order valence-corrected chi connectivity index (χ2v) is 6.68. The van der Waals surface area contributed by atoms with Gasteiger partial charge in [0.25, 0.3) is 0 Å². The van der Waals surface area contributed by atoms with E-state index >= 15 is 0 Å². The molecule has 6 heteroatoms. The standard InChI is InChI=1S/C21H21ClN4O/c1-16-19(21(22)26(24-16)15-17-7-4-3-5-8-17)10-11-20(27)25(2)14-18-9-6-12-23-13-18/h3-13H,14-15H2,1-2H3. The van der Waals surface area contributed by atoms with Crippen molar-refractivity contribution in [3.05, 3.63) is 88.5 Å². The van der Waals surface area contributed by atoms with Gasteiger partial charge in [0, 0.05) is 37.6 Å². The summed E-state index contributed by atoms with van der Waals surface area (Å²) in [5, 5.41) is 5.02. The summed E-state index contributed by atoms with van der Waals surface area (Å²) in [5.41, 5.74) is 3.64. The largest absolute Gasteiger partial charge is 0.338 e. The summed E-state index contributed by atoms with van der Waals surface area (Å²) in [7, 11) is 1.76. The van der Waals surface area contributed by atoms with Crippen LogP contribution in [-0.4, -0.2) is 32.6 Å². The van der Waals surface area contributed by atoms with Gasteiger partial charge < -0.3 is 4.90 Å². The highest BCUT2D eigenvalue weighted by Gasteiger charge is 2.13. The molecule has 138 valence electrons. The third kappa shape index (κ3) is 4.83. The van der Waals surface area contributed by atoms with E-state index in [1.807, 2.05) is 49.4 Å². The molecule has 0 saturated carbocycles. The van der Waals surface area contributed by atoms with E-state index in [-0.39, 0.29) is 5.91 Å². The fraction of sp³-hybridized carbons (Fsp3) is 0.190. The van der Waals surface area contributed by atoms with Crippen LogP contribution in [-0.2, 0) is 17.9 Å². The molecule has 0 fully saturated rings. The van der Waals surface area contributed by atoms with E-state index in [9.17, 15) is 4.79 Å². The number of hydrogen-bond acceptors (Lipinski definition) is 3. The molecule has 5 nitrogen and oxygen atoms in total. The molecule has 0 saturated heterocycles. The summed E-state index contributed by atoms with van der Waals surface area (Å²) in [6, 6.07) is 13.8. The molecule has 27 heavy (non-hydrogen) atoms. The lowest BCUT2D eigenvalue weighted by atomic mass is 10.2. The Morgan fingerprint density at radius 3 is 2.63 bits per heavy atom. The Balaban J connectivity index is 1.70. The summed E-state index contributed by atoms with van der Waals surface area (Å²) in [4.78, 5) is 18.1. The van der Waals surface area contributed by atoms with Gasteiger partial charge in [-0.1, -0.05) is 48.0 Å². The molecule has 1 amide bonds. The van der Waals surface area contributed by atoms with Crippen molar-refractivity contribution in [1.29, 1.82) is 0 Å². The summed E-state index contributed by atoms with van der Waals surface area (Å²) >= 11 is 6.49. The molecular weight excluding hydrogens is 360 g/mol. The highest BCUT2D eigenvalue weighted by Crippen LogP contribution is 2.22. The maximum atomic E-state index is 12.4. The van der Waals surface area contributed by atoms with Gasteiger partial charge in [-0.2, -0.15) is 5.10 Å². The van der Waals surface area contributed by atoms with Gasteiger partial charge in [0.2, 0.25) is 5.91 Å². The average molecular weight is 381 g/mol. The third-order valence-electron chi connectivity index (χ3n) is 4.20. The minimum Gasteiger partial charge on any atom is -0.338 e. The highest BCUT2D eigenvalue weighted by molar-refractivity contribution is 6.31. The van der Waals surface area contributed by atoms with Gasteiger partial charge in [0.05, 0.1) is 12.2 Å². The topological polar surface area (TPSA) is 51.0 Å². The second-order valence-electron chi connectivity index (χ2n) is 6.32. The van der Waals surface area contributed by atoms with Crippen molar-refractivity contribution in [1.82, 2.24) is 19.7 Å². The molecule has 0 bridgehead atoms. The van der Waals surface area contributed by atoms with Crippen LogP contribution in [0.25, 0.3) is 6.08 Å². The molecule has 0 aliphatic rings.